The molecule has 1 aromatic carbocycles. The largest absolute Gasteiger partial charge is 0.312 e. The molecular formula is C18H16ClN3O3S. The van der Waals surface area contributed by atoms with E-state index in [1.807, 2.05) is 0 Å². The maximum atomic E-state index is 12.6. The molecule has 0 fully saturated rings. The first kappa shape index (κ1) is 18.4. The highest BCUT2D eigenvalue weighted by atomic mass is 35.5. The van der Waals surface area contributed by atoms with E-state index >= 15 is 0 Å². The SMILES string of the molecule is CCC1CCc2c(sc(NC(=O)c3cc(Cl)ccc3[N+](=O)[O-])c2C#N)C1. The number of anilines is 1. The normalized spacial score (nSPS) is 15.8. The number of halogens is 1. The van der Waals surface area contributed by atoms with Crippen LogP contribution in [0.3, 0.4) is 0 Å². The average Bonchev–Trinajstić information content (AvgIpc) is 2.97. The second kappa shape index (κ2) is 7.44. The van der Waals surface area contributed by atoms with Gasteiger partial charge in [0.15, 0.2) is 0 Å². The van der Waals surface area contributed by atoms with Crippen LogP contribution in [0.1, 0.15) is 46.1 Å². The molecule has 0 spiro atoms. The average molecular weight is 390 g/mol. The van der Waals surface area contributed by atoms with Crippen molar-refractivity contribution in [1.29, 1.82) is 5.26 Å². The maximum absolute atomic E-state index is 12.6. The number of nitrogens with one attached hydrogen (secondary N) is 1. The van der Waals surface area contributed by atoms with Crippen LogP contribution >= 0.6 is 22.9 Å². The Labute approximate surface area is 159 Å². The molecule has 1 N–H and O–H groups in total. The summed E-state index contributed by atoms with van der Waals surface area (Å²) in [6.07, 6.45) is 3.83. The van der Waals surface area contributed by atoms with Gasteiger partial charge in [0.05, 0.1) is 10.5 Å². The van der Waals surface area contributed by atoms with E-state index in [2.05, 4.69) is 18.3 Å². The molecule has 2 aromatic rings. The molecule has 134 valence electrons. The van der Waals surface area contributed by atoms with Gasteiger partial charge in [0, 0.05) is 16.0 Å². The molecule has 0 saturated heterocycles. The highest BCUT2D eigenvalue weighted by Gasteiger charge is 2.27. The molecule has 0 aliphatic heterocycles. The van der Waals surface area contributed by atoms with Gasteiger partial charge in [-0.15, -0.1) is 11.3 Å². The van der Waals surface area contributed by atoms with Crippen LogP contribution < -0.4 is 5.32 Å². The van der Waals surface area contributed by atoms with Gasteiger partial charge in [-0.3, -0.25) is 14.9 Å². The number of benzene rings is 1. The van der Waals surface area contributed by atoms with E-state index in [0.29, 0.717) is 16.5 Å². The summed E-state index contributed by atoms with van der Waals surface area (Å²) in [5.74, 6) is -0.0494. The summed E-state index contributed by atoms with van der Waals surface area (Å²) in [6, 6.07) is 6.01. The van der Waals surface area contributed by atoms with E-state index in [1.165, 1.54) is 29.5 Å². The number of hydrogen-bond donors (Lipinski definition) is 1. The third-order valence-electron chi connectivity index (χ3n) is 4.68. The lowest BCUT2D eigenvalue weighted by Crippen LogP contribution is -2.14. The van der Waals surface area contributed by atoms with Gasteiger partial charge in [0.2, 0.25) is 0 Å². The molecule has 0 bridgehead atoms. The minimum absolute atomic E-state index is 0.121. The predicted octanol–water partition coefficient (Wildman–Crippen LogP) is 4.95. The number of nitro groups is 1. The number of fused-ring (bicyclic) bond motifs is 1. The molecule has 6 nitrogen and oxygen atoms in total. The van der Waals surface area contributed by atoms with Crippen molar-refractivity contribution in [3.05, 3.63) is 54.9 Å². The third-order valence-corrected chi connectivity index (χ3v) is 6.09. The second-order valence-corrected chi connectivity index (χ2v) is 7.75. The number of thiophene rings is 1. The van der Waals surface area contributed by atoms with Gasteiger partial charge < -0.3 is 5.32 Å². The Morgan fingerprint density at radius 2 is 2.31 bits per heavy atom. The second-order valence-electron chi connectivity index (χ2n) is 6.21. The summed E-state index contributed by atoms with van der Waals surface area (Å²) in [4.78, 5) is 24.3. The standard InChI is InChI=1S/C18H16ClN3O3S/c1-2-10-3-5-12-14(9-20)18(26-16(12)7-10)21-17(23)13-8-11(19)4-6-15(13)22(24)25/h4,6,8,10H,2-3,5,7H2,1H3,(H,21,23). The highest BCUT2D eigenvalue weighted by molar-refractivity contribution is 7.16. The van der Waals surface area contributed by atoms with Crippen LogP contribution in [0.5, 0.6) is 0 Å². The van der Waals surface area contributed by atoms with Gasteiger partial charge in [-0.25, -0.2) is 0 Å². The Morgan fingerprint density at radius 1 is 1.54 bits per heavy atom. The first-order valence-electron chi connectivity index (χ1n) is 8.24. The van der Waals surface area contributed by atoms with Gasteiger partial charge in [0.25, 0.3) is 11.6 Å². The van der Waals surface area contributed by atoms with E-state index in [9.17, 15) is 20.2 Å². The number of carbonyl (C=O) groups is 1. The summed E-state index contributed by atoms with van der Waals surface area (Å²) in [5.41, 5.74) is 1.03. The van der Waals surface area contributed by atoms with E-state index < -0.39 is 10.8 Å². The van der Waals surface area contributed by atoms with Gasteiger partial charge in [-0.1, -0.05) is 24.9 Å². The Hall–Kier alpha value is -2.43. The fourth-order valence-electron chi connectivity index (χ4n) is 3.23. The summed E-state index contributed by atoms with van der Waals surface area (Å²) < 4.78 is 0. The quantitative estimate of drug-likeness (QED) is 0.591. The lowest BCUT2D eigenvalue weighted by molar-refractivity contribution is -0.385. The zero-order valence-electron chi connectivity index (χ0n) is 14.0. The van der Waals surface area contributed by atoms with Crippen LogP contribution in [0.15, 0.2) is 18.2 Å². The number of nitrogens with zero attached hydrogens (tertiary/aromatic N) is 2. The van der Waals surface area contributed by atoms with E-state index in [0.717, 1.165) is 36.1 Å². The number of nitro benzene ring substituents is 1. The van der Waals surface area contributed by atoms with Crippen molar-refractivity contribution in [3.63, 3.8) is 0 Å². The number of hydrogen-bond acceptors (Lipinski definition) is 5. The minimum atomic E-state index is -0.638. The highest BCUT2D eigenvalue weighted by Crippen LogP contribution is 2.40. The minimum Gasteiger partial charge on any atom is -0.312 e. The van der Waals surface area contributed by atoms with Gasteiger partial charge in [-0.05, 0) is 42.9 Å². The number of rotatable bonds is 4. The molecule has 26 heavy (non-hydrogen) atoms. The van der Waals surface area contributed by atoms with Crippen LogP contribution in [0.25, 0.3) is 0 Å². The first-order valence-corrected chi connectivity index (χ1v) is 9.44. The van der Waals surface area contributed by atoms with E-state index in [-0.39, 0.29) is 16.3 Å². The van der Waals surface area contributed by atoms with Crippen molar-refractivity contribution in [2.75, 3.05) is 5.32 Å². The summed E-state index contributed by atoms with van der Waals surface area (Å²) >= 11 is 7.28. The fourth-order valence-corrected chi connectivity index (χ4v) is 4.71. The molecule has 0 radical (unpaired) electrons. The molecule has 3 rings (SSSR count). The van der Waals surface area contributed by atoms with Crippen LogP contribution in [0.2, 0.25) is 5.02 Å². The predicted molar refractivity (Wildman–Crippen MR) is 101 cm³/mol. The van der Waals surface area contributed by atoms with Crippen LogP contribution in [-0.2, 0) is 12.8 Å². The molecule has 1 heterocycles. The van der Waals surface area contributed by atoms with Crippen LogP contribution in [0, 0.1) is 27.4 Å². The molecule has 1 atom stereocenters. The Kier molecular flexibility index (Phi) is 5.25. The monoisotopic (exact) mass is 389 g/mol. The molecule has 1 aliphatic carbocycles. The number of amides is 1. The van der Waals surface area contributed by atoms with Crippen LogP contribution in [-0.4, -0.2) is 10.8 Å². The van der Waals surface area contributed by atoms with Gasteiger partial charge in [0.1, 0.15) is 16.6 Å². The lowest BCUT2D eigenvalue weighted by Gasteiger charge is -2.20. The first-order chi connectivity index (χ1) is 12.4. The lowest BCUT2D eigenvalue weighted by atomic mass is 9.86. The van der Waals surface area contributed by atoms with E-state index in [1.54, 1.807) is 0 Å². The summed E-state index contributed by atoms with van der Waals surface area (Å²) in [5, 5.41) is 24.1. The third kappa shape index (κ3) is 3.43. The van der Waals surface area contributed by atoms with E-state index in [4.69, 9.17) is 11.6 Å². The van der Waals surface area contributed by atoms with Crippen molar-refractivity contribution in [1.82, 2.24) is 0 Å². The smallest absolute Gasteiger partial charge is 0.282 e. The topological polar surface area (TPSA) is 96.0 Å². The van der Waals surface area contributed by atoms with Crippen molar-refractivity contribution in [2.45, 2.75) is 32.6 Å². The maximum Gasteiger partial charge on any atom is 0.282 e. The molecule has 1 aromatic heterocycles. The van der Waals surface area contributed by atoms with Gasteiger partial charge in [-0.2, -0.15) is 5.26 Å². The summed E-state index contributed by atoms with van der Waals surface area (Å²) in [7, 11) is 0. The number of carbonyl (C=O) groups excluding carboxylic acids is 1. The Bertz CT molecular complexity index is 932. The van der Waals surface area contributed by atoms with Crippen molar-refractivity contribution in [3.8, 4) is 6.07 Å². The van der Waals surface area contributed by atoms with Crippen molar-refractivity contribution >= 4 is 39.5 Å². The summed E-state index contributed by atoms with van der Waals surface area (Å²) in [6.45, 7) is 2.15. The van der Waals surface area contributed by atoms with Gasteiger partial charge >= 0.3 is 0 Å². The Balaban J connectivity index is 1.94. The Morgan fingerprint density at radius 3 is 2.96 bits per heavy atom. The zero-order valence-corrected chi connectivity index (χ0v) is 15.6. The zero-order chi connectivity index (χ0) is 18.8. The van der Waals surface area contributed by atoms with Crippen molar-refractivity contribution < 1.29 is 9.72 Å². The molecular weight excluding hydrogens is 374 g/mol. The molecule has 8 heteroatoms. The van der Waals surface area contributed by atoms with Crippen LogP contribution in [0.4, 0.5) is 10.7 Å². The molecule has 1 amide bonds. The molecule has 1 unspecified atom stereocenters. The molecule has 1 aliphatic rings. The molecule has 0 saturated carbocycles. The van der Waals surface area contributed by atoms with Crippen molar-refractivity contribution in [2.24, 2.45) is 5.92 Å². The number of nitriles is 1. The fraction of sp³-hybridized carbons (Fsp3) is 0.333.